The molecule has 0 amide bonds. The minimum absolute atomic E-state index is 0.172. The van der Waals surface area contributed by atoms with Crippen molar-refractivity contribution < 1.29 is 33.3 Å². The van der Waals surface area contributed by atoms with Crippen molar-refractivity contribution in [2.24, 2.45) is 0 Å². The molecule has 0 spiro atoms. The average molecular weight is 451 g/mol. The first kappa shape index (κ1) is 22.4. The van der Waals surface area contributed by atoms with E-state index in [2.05, 4.69) is 0 Å². The second-order valence-electron chi connectivity index (χ2n) is 4.71. The summed E-state index contributed by atoms with van der Waals surface area (Å²) >= 11 is 4.85. The molecule has 0 aliphatic carbocycles. The molecule has 0 atom stereocenters. The first-order chi connectivity index (χ1) is 13.0. The van der Waals surface area contributed by atoms with E-state index in [4.69, 9.17) is 18.9 Å². The summed E-state index contributed by atoms with van der Waals surface area (Å²) in [6, 6.07) is 0. The van der Waals surface area contributed by atoms with Gasteiger partial charge in [-0.1, -0.05) is 47.0 Å². The third-order valence-electron chi connectivity index (χ3n) is 3.11. The lowest BCUT2D eigenvalue weighted by Gasteiger charge is -2.17. The van der Waals surface area contributed by atoms with Gasteiger partial charge in [-0.05, 0) is 13.8 Å². The van der Waals surface area contributed by atoms with Gasteiger partial charge in [-0.25, -0.2) is 9.59 Å². The molecule has 27 heavy (non-hydrogen) atoms. The molecule has 0 aromatic carbocycles. The summed E-state index contributed by atoms with van der Waals surface area (Å²) in [6.45, 7) is 4.55. The number of hydrogen-bond donors (Lipinski definition) is 0. The van der Waals surface area contributed by atoms with Crippen molar-refractivity contribution in [3.05, 3.63) is 28.1 Å². The lowest BCUT2D eigenvalue weighted by molar-refractivity contribution is -0.138. The SMILES string of the molecule is CCOC(OCC)C1=C(C=O)SC(=C2SC(C(=O)OC)=C(C(=O)OC)S2)S1. The number of hydrogen-bond acceptors (Lipinski definition) is 11. The Labute approximate surface area is 174 Å². The molecular weight excluding hydrogens is 432 g/mol. The summed E-state index contributed by atoms with van der Waals surface area (Å²) in [6.07, 6.45) is 0.117. The molecule has 0 unspecified atom stereocenters. The van der Waals surface area contributed by atoms with Gasteiger partial charge in [-0.2, -0.15) is 0 Å². The fourth-order valence-corrected chi connectivity index (χ4v) is 7.28. The molecule has 0 saturated carbocycles. The monoisotopic (exact) mass is 450 g/mol. The normalized spacial score (nSPS) is 17.2. The maximum atomic E-state index is 12.0. The van der Waals surface area contributed by atoms with E-state index in [1.54, 1.807) is 0 Å². The fraction of sp³-hybridized carbons (Fsp3) is 0.438. The van der Waals surface area contributed by atoms with Crippen molar-refractivity contribution in [3.63, 3.8) is 0 Å². The van der Waals surface area contributed by atoms with E-state index < -0.39 is 18.2 Å². The second-order valence-corrected chi connectivity index (χ2v) is 9.38. The summed E-state index contributed by atoms with van der Waals surface area (Å²) in [5.41, 5.74) is 0. The first-order valence-electron chi connectivity index (χ1n) is 7.79. The van der Waals surface area contributed by atoms with Crippen LogP contribution in [0.4, 0.5) is 0 Å². The van der Waals surface area contributed by atoms with Crippen LogP contribution in [0.25, 0.3) is 0 Å². The molecule has 0 fully saturated rings. The van der Waals surface area contributed by atoms with Crippen molar-refractivity contribution >= 4 is 65.3 Å². The minimum atomic E-state index is -0.639. The van der Waals surface area contributed by atoms with E-state index in [1.807, 2.05) is 13.8 Å². The Balaban J connectivity index is 2.30. The number of esters is 2. The largest absolute Gasteiger partial charge is 0.465 e. The van der Waals surface area contributed by atoms with E-state index in [0.717, 1.165) is 34.0 Å². The minimum Gasteiger partial charge on any atom is -0.465 e. The van der Waals surface area contributed by atoms with E-state index >= 15 is 0 Å². The van der Waals surface area contributed by atoms with Gasteiger partial charge < -0.3 is 18.9 Å². The molecule has 148 valence electrons. The van der Waals surface area contributed by atoms with E-state index in [0.29, 0.717) is 27.3 Å². The predicted octanol–water partition coefficient (Wildman–Crippen LogP) is 3.44. The van der Waals surface area contributed by atoms with Gasteiger partial charge in [0.25, 0.3) is 0 Å². The molecule has 2 aliphatic heterocycles. The number of carbonyl (C=O) groups is 3. The Morgan fingerprint density at radius 1 is 0.889 bits per heavy atom. The van der Waals surface area contributed by atoms with Crippen molar-refractivity contribution in [1.82, 2.24) is 0 Å². The number of ether oxygens (including phenoxy) is 4. The molecule has 0 N–H and O–H groups in total. The van der Waals surface area contributed by atoms with Crippen LogP contribution in [0.2, 0.25) is 0 Å². The summed E-state index contributed by atoms with van der Waals surface area (Å²) in [4.78, 5) is 37.0. The molecule has 11 heteroatoms. The van der Waals surface area contributed by atoms with Gasteiger partial charge in [0.1, 0.15) is 9.81 Å². The number of allylic oxidation sites excluding steroid dienone is 1. The van der Waals surface area contributed by atoms with Crippen molar-refractivity contribution in [2.75, 3.05) is 27.4 Å². The molecule has 2 rings (SSSR count). The Bertz CT molecular complexity index is 690. The standard InChI is InChI=1S/C16H18O7S4/c1-5-22-14(23-6-2)9-8(7-17)24-15(25-9)16-26-10(12(18)20-3)11(27-16)13(19)21-4/h7,14H,5-6H2,1-4H3. The molecular formula is C16H18O7S4. The predicted molar refractivity (Wildman–Crippen MR) is 109 cm³/mol. The Hall–Kier alpha value is -0.850. The van der Waals surface area contributed by atoms with Crippen LogP contribution in [0, 0.1) is 0 Å². The molecule has 0 saturated heterocycles. The van der Waals surface area contributed by atoms with Crippen molar-refractivity contribution in [3.8, 4) is 0 Å². The van der Waals surface area contributed by atoms with Gasteiger partial charge in [0, 0.05) is 13.2 Å². The molecule has 2 aliphatic rings. The van der Waals surface area contributed by atoms with Crippen LogP contribution < -0.4 is 0 Å². The fourth-order valence-electron chi connectivity index (χ4n) is 1.99. The van der Waals surface area contributed by atoms with Gasteiger partial charge in [0.05, 0.1) is 32.5 Å². The lowest BCUT2D eigenvalue weighted by Crippen LogP contribution is -2.18. The molecule has 7 nitrogen and oxygen atoms in total. The molecule has 0 radical (unpaired) electrons. The number of rotatable bonds is 8. The maximum absolute atomic E-state index is 12.0. The quantitative estimate of drug-likeness (QED) is 0.309. The van der Waals surface area contributed by atoms with Crippen LogP contribution in [-0.2, 0) is 33.3 Å². The third-order valence-corrected chi connectivity index (χ3v) is 8.76. The average Bonchev–Trinajstić information content (AvgIpc) is 3.30. The van der Waals surface area contributed by atoms with Gasteiger partial charge in [0.15, 0.2) is 12.6 Å². The van der Waals surface area contributed by atoms with Gasteiger partial charge >= 0.3 is 11.9 Å². The molecule has 0 bridgehead atoms. The van der Waals surface area contributed by atoms with E-state index in [1.165, 1.54) is 37.7 Å². The van der Waals surface area contributed by atoms with Crippen LogP contribution in [-0.4, -0.2) is 51.9 Å². The number of thioether (sulfide) groups is 4. The highest BCUT2D eigenvalue weighted by Crippen LogP contribution is 2.60. The smallest absolute Gasteiger partial charge is 0.346 e. The summed E-state index contributed by atoms with van der Waals surface area (Å²) in [5, 5.41) is 0. The second kappa shape index (κ2) is 10.6. The van der Waals surface area contributed by atoms with E-state index in [-0.39, 0.29) is 9.81 Å². The number of aldehydes is 1. The van der Waals surface area contributed by atoms with Gasteiger partial charge in [-0.15, -0.1) is 0 Å². The summed E-state index contributed by atoms with van der Waals surface area (Å²) in [7, 11) is 2.50. The third kappa shape index (κ3) is 5.15. The first-order valence-corrected chi connectivity index (χ1v) is 11.1. The van der Waals surface area contributed by atoms with Crippen LogP contribution in [0.3, 0.4) is 0 Å². The van der Waals surface area contributed by atoms with Crippen LogP contribution >= 0.6 is 47.0 Å². The highest BCUT2D eigenvalue weighted by Gasteiger charge is 2.37. The molecule has 0 aromatic heterocycles. The lowest BCUT2D eigenvalue weighted by atomic mass is 10.5. The Morgan fingerprint density at radius 2 is 1.37 bits per heavy atom. The summed E-state index contributed by atoms with van der Waals surface area (Å²) < 4.78 is 22.2. The van der Waals surface area contributed by atoms with Gasteiger partial charge in [-0.3, -0.25) is 4.79 Å². The molecule has 0 aromatic rings. The van der Waals surface area contributed by atoms with Crippen LogP contribution in [0.15, 0.2) is 28.1 Å². The van der Waals surface area contributed by atoms with E-state index in [9.17, 15) is 14.4 Å². The topological polar surface area (TPSA) is 88.1 Å². The Morgan fingerprint density at radius 3 is 1.78 bits per heavy atom. The molecule has 2 heterocycles. The van der Waals surface area contributed by atoms with Crippen LogP contribution in [0.5, 0.6) is 0 Å². The zero-order valence-corrected chi connectivity index (χ0v) is 18.3. The van der Waals surface area contributed by atoms with Gasteiger partial charge in [0.2, 0.25) is 0 Å². The van der Waals surface area contributed by atoms with Crippen molar-refractivity contribution in [2.45, 2.75) is 20.1 Å². The maximum Gasteiger partial charge on any atom is 0.346 e. The number of methoxy groups -OCH3 is 2. The number of carbonyl (C=O) groups excluding carboxylic acids is 3. The van der Waals surface area contributed by atoms with Crippen molar-refractivity contribution in [1.29, 1.82) is 0 Å². The zero-order valence-electron chi connectivity index (χ0n) is 15.1. The zero-order chi connectivity index (χ0) is 20.0. The highest BCUT2D eigenvalue weighted by atomic mass is 32.2. The summed E-state index contributed by atoms with van der Waals surface area (Å²) in [5.74, 6) is -1.22. The highest BCUT2D eigenvalue weighted by molar-refractivity contribution is 8.34. The Kier molecular flexibility index (Phi) is 8.83. The van der Waals surface area contributed by atoms with Crippen LogP contribution in [0.1, 0.15) is 13.8 Å².